The molecule has 1 aromatic carbocycles. The van der Waals surface area contributed by atoms with Crippen molar-refractivity contribution >= 4 is 17.5 Å². The van der Waals surface area contributed by atoms with Crippen LogP contribution in [0.1, 0.15) is 16.1 Å². The summed E-state index contributed by atoms with van der Waals surface area (Å²) < 4.78 is 18.0. The number of nitriles is 1. The van der Waals surface area contributed by atoms with Crippen molar-refractivity contribution < 1.29 is 18.5 Å². The lowest BCUT2D eigenvalue weighted by Gasteiger charge is -2.05. The van der Waals surface area contributed by atoms with Gasteiger partial charge in [0.1, 0.15) is 22.4 Å². The van der Waals surface area contributed by atoms with Crippen LogP contribution in [0, 0.1) is 27.3 Å². The van der Waals surface area contributed by atoms with Crippen molar-refractivity contribution in [3.8, 4) is 6.07 Å². The summed E-state index contributed by atoms with van der Waals surface area (Å²) in [4.78, 5) is 21.4. The molecule has 0 unspecified atom stereocenters. The van der Waals surface area contributed by atoms with E-state index in [4.69, 9.17) is 9.68 Å². The minimum atomic E-state index is -0.819. The van der Waals surface area contributed by atoms with E-state index in [1.54, 1.807) is 6.07 Å². The van der Waals surface area contributed by atoms with Gasteiger partial charge in [-0.25, -0.2) is 4.39 Å². The number of amides is 1. The molecule has 0 bridgehead atoms. The first-order valence-electron chi connectivity index (χ1n) is 5.27. The first-order chi connectivity index (χ1) is 9.52. The third-order valence-electron chi connectivity index (χ3n) is 2.37. The molecule has 100 valence electrons. The molecule has 0 aliphatic heterocycles. The number of nitro groups is 1. The predicted octanol–water partition coefficient (Wildman–Crippen LogP) is 2.45. The molecule has 2 rings (SSSR count). The normalized spacial score (nSPS) is 9.80. The molecular formula is C12H6FN3O4. The van der Waals surface area contributed by atoms with E-state index >= 15 is 0 Å². The second-order valence-corrected chi connectivity index (χ2v) is 3.62. The van der Waals surface area contributed by atoms with Crippen molar-refractivity contribution in [2.24, 2.45) is 0 Å². The Labute approximate surface area is 111 Å². The molecule has 1 amide bonds. The fraction of sp³-hybridized carbons (Fsp3) is 0. The highest BCUT2D eigenvalue weighted by Gasteiger charge is 2.18. The van der Waals surface area contributed by atoms with Crippen molar-refractivity contribution in [3.05, 3.63) is 57.6 Å². The molecule has 0 atom stereocenters. The van der Waals surface area contributed by atoms with E-state index in [1.807, 2.05) is 0 Å². The van der Waals surface area contributed by atoms with E-state index < -0.39 is 22.5 Å². The molecule has 0 aliphatic carbocycles. The van der Waals surface area contributed by atoms with Crippen LogP contribution in [0.4, 0.5) is 16.0 Å². The lowest BCUT2D eigenvalue weighted by molar-refractivity contribution is -0.402. The van der Waals surface area contributed by atoms with E-state index in [9.17, 15) is 19.3 Å². The number of carbonyl (C=O) groups is 1. The molecule has 1 heterocycles. The number of carbonyl (C=O) groups excluding carboxylic acids is 1. The smallest absolute Gasteiger partial charge is 0.395 e. The summed E-state index contributed by atoms with van der Waals surface area (Å²) in [7, 11) is 0. The van der Waals surface area contributed by atoms with Crippen molar-refractivity contribution in [1.29, 1.82) is 5.26 Å². The quantitative estimate of drug-likeness (QED) is 0.683. The topological polar surface area (TPSA) is 109 Å². The van der Waals surface area contributed by atoms with Crippen LogP contribution in [-0.4, -0.2) is 10.8 Å². The highest BCUT2D eigenvalue weighted by Crippen LogP contribution is 2.20. The van der Waals surface area contributed by atoms with Gasteiger partial charge in [-0.2, -0.15) is 5.26 Å². The summed E-state index contributed by atoms with van der Waals surface area (Å²) in [6, 6.07) is 7.47. The van der Waals surface area contributed by atoms with Crippen molar-refractivity contribution in [2.45, 2.75) is 0 Å². The zero-order valence-electron chi connectivity index (χ0n) is 9.79. The lowest BCUT2D eigenvalue weighted by atomic mass is 10.2. The average molecular weight is 275 g/mol. The van der Waals surface area contributed by atoms with E-state index in [0.29, 0.717) is 0 Å². The average Bonchev–Trinajstić information content (AvgIpc) is 2.89. The molecule has 20 heavy (non-hydrogen) atoms. The molecular weight excluding hydrogens is 269 g/mol. The second kappa shape index (κ2) is 5.19. The Bertz CT molecular complexity index is 733. The third-order valence-corrected chi connectivity index (χ3v) is 2.37. The highest BCUT2D eigenvalue weighted by molar-refractivity contribution is 6.03. The monoisotopic (exact) mass is 275 g/mol. The van der Waals surface area contributed by atoms with E-state index in [2.05, 4.69) is 5.32 Å². The largest absolute Gasteiger partial charge is 0.433 e. The fourth-order valence-corrected chi connectivity index (χ4v) is 1.47. The van der Waals surface area contributed by atoms with Gasteiger partial charge >= 0.3 is 5.88 Å². The molecule has 8 heteroatoms. The van der Waals surface area contributed by atoms with E-state index in [1.165, 1.54) is 12.1 Å². The molecule has 0 saturated carbocycles. The highest BCUT2D eigenvalue weighted by atomic mass is 19.1. The molecule has 7 nitrogen and oxygen atoms in total. The zero-order valence-corrected chi connectivity index (χ0v) is 9.79. The van der Waals surface area contributed by atoms with Crippen LogP contribution < -0.4 is 5.32 Å². The van der Waals surface area contributed by atoms with Crippen molar-refractivity contribution in [3.63, 3.8) is 0 Å². The molecule has 0 spiro atoms. The maximum Gasteiger partial charge on any atom is 0.433 e. The van der Waals surface area contributed by atoms with E-state index in [-0.39, 0.29) is 17.0 Å². The minimum Gasteiger partial charge on any atom is -0.395 e. The van der Waals surface area contributed by atoms with Crippen LogP contribution in [-0.2, 0) is 0 Å². The summed E-state index contributed by atoms with van der Waals surface area (Å²) in [6.45, 7) is 0. The summed E-state index contributed by atoms with van der Waals surface area (Å²) in [5, 5.41) is 21.5. The summed E-state index contributed by atoms with van der Waals surface area (Å²) in [5.74, 6) is -2.50. The Morgan fingerprint density at radius 3 is 2.75 bits per heavy atom. The molecule has 0 saturated heterocycles. The van der Waals surface area contributed by atoms with Gasteiger partial charge in [-0.3, -0.25) is 14.9 Å². The maximum atomic E-state index is 13.3. The Morgan fingerprint density at radius 1 is 1.40 bits per heavy atom. The number of halogens is 1. The molecule has 0 fully saturated rings. The number of hydrogen-bond donors (Lipinski definition) is 1. The number of hydrogen-bond acceptors (Lipinski definition) is 5. The predicted molar refractivity (Wildman–Crippen MR) is 64.4 cm³/mol. The molecule has 1 aromatic heterocycles. The van der Waals surface area contributed by atoms with Gasteiger partial charge in [0.25, 0.3) is 5.91 Å². The first-order valence-corrected chi connectivity index (χ1v) is 5.27. The fourth-order valence-electron chi connectivity index (χ4n) is 1.47. The van der Waals surface area contributed by atoms with Gasteiger partial charge in [-0.05, 0) is 18.2 Å². The van der Waals surface area contributed by atoms with Gasteiger partial charge in [-0.15, -0.1) is 0 Å². The van der Waals surface area contributed by atoms with Crippen LogP contribution in [0.3, 0.4) is 0 Å². The van der Waals surface area contributed by atoms with Crippen LogP contribution in [0.25, 0.3) is 0 Å². The Morgan fingerprint density at radius 2 is 2.15 bits per heavy atom. The Hall–Kier alpha value is -3.21. The van der Waals surface area contributed by atoms with Gasteiger partial charge in [0.15, 0.2) is 5.76 Å². The number of nitrogens with zero attached hydrogens (tertiary/aromatic N) is 2. The summed E-state index contributed by atoms with van der Waals surface area (Å²) in [6.07, 6.45) is 0. The van der Waals surface area contributed by atoms with Gasteiger partial charge in [0.05, 0.1) is 11.8 Å². The van der Waals surface area contributed by atoms with Gasteiger partial charge < -0.3 is 9.73 Å². The van der Waals surface area contributed by atoms with Gasteiger partial charge in [-0.1, -0.05) is 6.07 Å². The van der Waals surface area contributed by atoms with E-state index in [0.717, 1.165) is 18.2 Å². The number of nitrogens with one attached hydrogen (secondary N) is 1. The summed E-state index contributed by atoms with van der Waals surface area (Å²) >= 11 is 0. The number of furan rings is 1. The van der Waals surface area contributed by atoms with Crippen LogP contribution in [0.2, 0.25) is 0 Å². The number of anilines is 1. The van der Waals surface area contributed by atoms with Gasteiger partial charge in [0, 0.05) is 0 Å². The summed E-state index contributed by atoms with van der Waals surface area (Å²) in [5.41, 5.74) is -0.376. The third kappa shape index (κ3) is 2.46. The lowest BCUT2D eigenvalue weighted by Crippen LogP contribution is -2.12. The van der Waals surface area contributed by atoms with Crippen molar-refractivity contribution in [1.82, 2.24) is 0 Å². The SMILES string of the molecule is N#Cc1c(F)cccc1NC(=O)c1ccc([N+](=O)[O-])o1. The van der Waals surface area contributed by atoms with Crippen LogP contribution >= 0.6 is 0 Å². The number of benzene rings is 1. The van der Waals surface area contributed by atoms with Crippen LogP contribution in [0.15, 0.2) is 34.7 Å². The molecule has 1 N–H and O–H groups in total. The molecule has 0 radical (unpaired) electrons. The minimum absolute atomic E-state index is 0.0449. The Kier molecular flexibility index (Phi) is 3.43. The maximum absolute atomic E-state index is 13.3. The molecule has 0 aliphatic rings. The molecule has 2 aromatic rings. The second-order valence-electron chi connectivity index (χ2n) is 3.62. The Balaban J connectivity index is 2.26. The first kappa shape index (κ1) is 13.2. The van der Waals surface area contributed by atoms with Crippen molar-refractivity contribution in [2.75, 3.05) is 5.32 Å². The standard InChI is InChI=1S/C12H6FN3O4/c13-8-2-1-3-9(7(8)6-14)15-12(17)10-4-5-11(20-10)16(18)19/h1-5H,(H,15,17). The van der Waals surface area contributed by atoms with Gasteiger partial charge in [0.2, 0.25) is 0 Å². The zero-order chi connectivity index (χ0) is 14.7. The van der Waals surface area contributed by atoms with Crippen LogP contribution in [0.5, 0.6) is 0 Å². The number of rotatable bonds is 3.